The van der Waals surface area contributed by atoms with Crippen LogP contribution in [0.4, 0.5) is 11.5 Å². The topological polar surface area (TPSA) is 66.9 Å². The molecule has 0 saturated carbocycles. The van der Waals surface area contributed by atoms with Crippen molar-refractivity contribution in [1.82, 2.24) is 15.3 Å². The summed E-state index contributed by atoms with van der Waals surface area (Å²) in [5.41, 5.74) is 3.70. The maximum Gasteiger partial charge on any atom is 0.271 e. The van der Waals surface area contributed by atoms with Crippen molar-refractivity contribution in [2.75, 3.05) is 11.9 Å². The van der Waals surface area contributed by atoms with Crippen molar-refractivity contribution in [3.8, 4) is 0 Å². The Bertz CT molecular complexity index is 650. The third kappa shape index (κ3) is 4.04. The number of aryl methyl sites for hydroxylation is 1. The van der Waals surface area contributed by atoms with E-state index >= 15 is 0 Å². The van der Waals surface area contributed by atoms with Gasteiger partial charge in [0, 0.05) is 12.2 Å². The molecule has 0 saturated heterocycles. The molecule has 0 radical (unpaired) electrons. The lowest BCUT2D eigenvalue weighted by atomic mass is 10.1. The Hall–Kier alpha value is -2.43. The van der Waals surface area contributed by atoms with E-state index in [4.69, 9.17) is 0 Å². The number of carbonyl (C=O) groups is 1. The van der Waals surface area contributed by atoms with E-state index in [1.54, 1.807) is 6.20 Å². The van der Waals surface area contributed by atoms with Crippen molar-refractivity contribution in [2.45, 2.75) is 27.7 Å². The third-order valence-electron chi connectivity index (χ3n) is 3.42. The molecule has 2 aromatic rings. The van der Waals surface area contributed by atoms with Crippen LogP contribution in [0.15, 0.2) is 30.6 Å². The van der Waals surface area contributed by atoms with Gasteiger partial charge < -0.3 is 10.6 Å². The van der Waals surface area contributed by atoms with Crippen molar-refractivity contribution in [3.05, 3.63) is 47.4 Å². The molecule has 22 heavy (non-hydrogen) atoms. The molecule has 1 amide bonds. The lowest BCUT2D eigenvalue weighted by Crippen LogP contribution is -2.28. The zero-order valence-corrected chi connectivity index (χ0v) is 13.5. The van der Waals surface area contributed by atoms with Crippen molar-refractivity contribution < 1.29 is 4.79 Å². The SMILES string of the molecule is Cc1cccc(Nc2cnc(C(=O)NCC(C)C)cn2)c1C. The van der Waals surface area contributed by atoms with E-state index in [0.717, 1.165) is 5.69 Å². The quantitative estimate of drug-likeness (QED) is 0.889. The number of nitrogens with zero attached hydrogens (tertiary/aromatic N) is 2. The average Bonchev–Trinajstić information content (AvgIpc) is 2.50. The van der Waals surface area contributed by atoms with Gasteiger partial charge in [0.25, 0.3) is 5.91 Å². The number of amides is 1. The van der Waals surface area contributed by atoms with Gasteiger partial charge in [-0.1, -0.05) is 26.0 Å². The minimum atomic E-state index is -0.195. The number of anilines is 2. The molecule has 0 spiro atoms. The van der Waals surface area contributed by atoms with Gasteiger partial charge in [-0.25, -0.2) is 9.97 Å². The molecule has 1 aromatic heterocycles. The summed E-state index contributed by atoms with van der Waals surface area (Å²) in [6, 6.07) is 6.05. The van der Waals surface area contributed by atoms with Crippen LogP contribution in [0, 0.1) is 19.8 Å². The fourth-order valence-corrected chi connectivity index (χ4v) is 1.92. The second kappa shape index (κ2) is 7.02. The smallest absolute Gasteiger partial charge is 0.271 e. The summed E-state index contributed by atoms with van der Waals surface area (Å²) in [6.07, 6.45) is 3.06. The molecule has 1 aromatic carbocycles. The van der Waals surface area contributed by atoms with Crippen LogP contribution in [0.2, 0.25) is 0 Å². The van der Waals surface area contributed by atoms with Crippen molar-refractivity contribution in [3.63, 3.8) is 0 Å². The molecular formula is C17H22N4O. The maximum atomic E-state index is 11.9. The number of carbonyl (C=O) groups excluding carboxylic acids is 1. The lowest BCUT2D eigenvalue weighted by molar-refractivity contribution is 0.0943. The third-order valence-corrected chi connectivity index (χ3v) is 3.42. The van der Waals surface area contributed by atoms with Crippen LogP contribution in [-0.2, 0) is 0 Å². The molecular weight excluding hydrogens is 276 g/mol. The Labute approximate surface area is 131 Å². The van der Waals surface area contributed by atoms with Crippen LogP contribution in [-0.4, -0.2) is 22.4 Å². The lowest BCUT2D eigenvalue weighted by Gasteiger charge is -2.11. The van der Waals surface area contributed by atoms with Gasteiger partial charge in [-0.05, 0) is 37.0 Å². The molecule has 5 nitrogen and oxygen atoms in total. The number of nitrogens with one attached hydrogen (secondary N) is 2. The van der Waals surface area contributed by atoms with Gasteiger partial charge in [-0.3, -0.25) is 4.79 Å². The standard InChI is InChI=1S/C17H22N4O/c1-11(2)8-20-17(22)15-9-19-16(10-18-15)21-14-7-5-6-12(3)13(14)4/h5-7,9-11H,8H2,1-4H3,(H,19,21)(H,20,22). The number of rotatable bonds is 5. The second-order valence-electron chi connectivity index (χ2n) is 5.76. The highest BCUT2D eigenvalue weighted by Gasteiger charge is 2.09. The summed E-state index contributed by atoms with van der Waals surface area (Å²) in [6.45, 7) is 8.84. The minimum Gasteiger partial charge on any atom is -0.350 e. The van der Waals surface area contributed by atoms with Crippen LogP contribution < -0.4 is 10.6 Å². The summed E-state index contributed by atoms with van der Waals surface area (Å²) >= 11 is 0. The van der Waals surface area contributed by atoms with E-state index in [-0.39, 0.29) is 5.91 Å². The van der Waals surface area contributed by atoms with Crippen molar-refractivity contribution in [1.29, 1.82) is 0 Å². The predicted octanol–water partition coefficient (Wildman–Crippen LogP) is 3.22. The maximum absolute atomic E-state index is 11.9. The average molecular weight is 298 g/mol. The van der Waals surface area contributed by atoms with Crippen LogP contribution in [0.1, 0.15) is 35.5 Å². The van der Waals surface area contributed by atoms with E-state index < -0.39 is 0 Å². The van der Waals surface area contributed by atoms with E-state index in [9.17, 15) is 4.79 Å². The fourth-order valence-electron chi connectivity index (χ4n) is 1.92. The number of benzene rings is 1. The molecule has 2 rings (SSSR count). The molecule has 0 fully saturated rings. The first-order chi connectivity index (χ1) is 10.5. The van der Waals surface area contributed by atoms with Crippen LogP contribution in [0.5, 0.6) is 0 Å². The molecule has 2 N–H and O–H groups in total. The van der Waals surface area contributed by atoms with Gasteiger partial charge in [0.05, 0.1) is 12.4 Å². The number of aromatic nitrogens is 2. The summed E-state index contributed by atoms with van der Waals surface area (Å²) < 4.78 is 0. The van der Waals surface area contributed by atoms with E-state index in [1.807, 2.05) is 26.0 Å². The monoisotopic (exact) mass is 298 g/mol. The Morgan fingerprint density at radius 3 is 2.59 bits per heavy atom. The molecule has 5 heteroatoms. The largest absolute Gasteiger partial charge is 0.350 e. The van der Waals surface area contributed by atoms with Gasteiger partial charge in [-0.2, -0.15) is 0 Å². The highest BCUT2D eigenvalue weighted by Crippen LogP contribution is 2.21. The summed E-state index contributed by atoms with van der Waals surface area (Å²) in [5, 5.41) is 6.05. The van der Waals surface area contributed by atoms with Gasteiger partial charge in [-0.15, -0.1) is 0 Å². The molecule has 0 aliphatic rings. The van der Waals surface area contributed by atoms with E-state index in [1.165, 1.54) is 17.3 Å². The molecule has 0 atom stereocenters. The Balaban J connectivity index is 2.06. The van der Waals surface area contributed by atoms with Crippen LogP contribution in [0.25, 0.3) is 0 Å². The summed E-state index contributed by atoms with van der Waals surface area (Å²) in [4.78, 5) is 20.3. The number of hydrogen-bond donors (Lipinski definition) is 2. The molecule has 1 heterocycles. The van der Waals surface area contributed by atoms with Gasteiger partial charge in [0.2, 0.25) is 0 Å². The van der Waals surface area contributed by atoms with E-state index in [0.29, 0.717) is 24.0 Å². The molecule has 0 unspecified atom stereocenters. The normalized spacial score (nSPS) is 10.6. The molecule has 0 aliphatic heterocycles. The van der Waals surface area contributed by atoms with Crippen LogP contribution >= 0.6 is 0 Å². The second-order valence-corrected chi connectivity index (χ2v) is 5.76. The van der Waals surface area contributed by atoms with Gasteiger partial charge in [0.15, 0.2) is 0 Å². The van der Waals surface area contributed by atoms with Crippen LogP contribution in [0.3, 0.4) is 0 Å². The molecule has 0 aliphatic carbocycles. The first-order valence-corrected chi connectivity index (χ1v) is 7.41. The van der Waals surface area contributed by atoms with Gasteiger partial charge in [0.1, 0.15) is 11.5 Å². The zero-order chi connectivity index (χ0) is 16.1. The summed E-state index contributed by atoms with van der Waals surface area (Å²) in [7, 11) is 0. The first kappa shape index (κ1) is 15.9. The van der Waals surface area contributed by atoms with Gasteiger partial charge >= 0.3 is 0 Å². The first-order valence-electron chi connectivity index (χ1n) is 7.41. The van der Waals surface area contributed by atoms with E-state index in [2.05, 4.69) is 40.5 Å². The molecule has 0 bridgehead atoms. The van der Waals surface area contributed by atoms with Crippen molar-refractivity contribution in [2.24, 2.45) is 5.92 Å². The highest BCUT2D eigenvalue weighted by molar-refractivity contribution is 5.92. The number of hydrogen-bond acceptors (Lipinski definition) is 4. The highest BCUT2D eigenvalue weighted by atomic mass is 16.1. The zero-order valence-electron chi connectivity index (χ0n) is 13.5. The summed E-state index contributed by atoms with van der Waals surface area (Å²) in [5.74, 6) is 0.829. The Morgan fingerprint density at radius 2 is 1.95 bits per heavy atom. The predicted molar refractivity (Wildman–Crippen MR) is 88.4 cm³/mol. The minimum absolute atomic E-state index is 0.195. The molecule has 116 valence electrons. The fraction of sp³-hybridized carbons (Fsp3) is 0.353. The van der Waals surface area contributed by atoms with Crippen molar-refractivity contribution >= 4 is 17.4 Å². The Kier molecular flexibility index (Phi) is 5.09. The Morgan fingerprint density at radius 1 is 1.18 bits per heavy atom.